The molecule has 0 aliphatic heterocycles. The minimum atomic E-state index is 0.0895. The van der Waals surface area contributed by atoms with E-state index in [1.165, 1.54) is 8.52 Å². The Hall–Kier alpha value is -1.36. The minimum absolute atomic E-state index is 0.0895. The molecule has 0 N–H and O–H groups in total. The topological polar surface area (TPSA) is 40.9 Å². The Balaban J connectivity index is 2.17. The number of fused-ring (bicyclic) bond motifs is 1. The summed E-state index contributed by atoms with van der Waals surface area (Å²) in [6.45, 7) is 4.04. The Morgan fingerprint density at radius 2 is 1.80 bits per heavy atom. The van der Waals surface area contributed by atoms with Crippen LogP contribution < -0.4 is 0 Å². The average Bonchev–Trinajstić information content (AvgIpc) is 2.97. The second-order valence-electron chi connectivity index (χ2n) is 4.58. The number of hydrogen-bond acceptors (Lipinski definition) is 2. The summed E-state index contributed by atoms with van der Waals surface area (Å²) in [6, 6.07) is 11.8. The third kappa shape index (κ3) is 2.04. The van der Waals surface area contributed by atoms with Crippen LogP contribution in [-0.2, 0) is 0 Å². The number of aryl methyl sites for hydroxylation is 2. The number of nitrogens with zero attached hydrogens (tertiary/aromatic N) is 1. The van der Waals surface area contributed by atoms with Gasteiger partial charge in [0.05, 0.1) is 0 Å². The molecule has 3 aromatic rings. The van der Waals surface area contributed by atoms with Crippen molar-refractivity contribution in [3.8, 4) is 6.07 Å². The zero-order valence-corrected chi connectivity index (χ0v) is 14.5. The first kappa shape index (κ1) is 13.6. The van der Waals surface area contributed by atoms with Gasteiger partial charge in [-0.15, -0.1) is 0 Å². The third-order valence-electron chi connectivity index (χ3n) is 3.37. The molecule has 20 heavy (non-hydrogen) atoms. The maximum atomic E-state index is 12.6. The molecule has 2 heterocycles. The Labute approximate surface area is 129 Å². The molecule has 2 nitrogen and oxygen atoms in total. The summed E-state index contributed by atoms with van der Waals surface area (Å²) >= 11 is 0.223. The normalized spacial score (nSPS) is 10.7. The van der Waals surface area contributed by atoms with E-state index >= 15 is 0 Å². The van der Waals surface area contributed by atoms with E-state index in [1.807, 2.05) is 44.2 Å². The zero-order chi connectivity index (χ0) is 14.3. The molecule has 0 aliphatic rings. The molecule has 0 fully saturated rings. The third-order valence-corrected chi connectivity index (χ3v) is 9.54. The Bertz CT molecular complexity index is 850. The fourth-order valence-electron chi connectivity index (χ4n) is 2.32. The van der Waals surface area contributed by atoms with Crippen LogP contribution in [0.15, 0.2) is 30.3 Å². The van der Waals surface area contributed by atoms with Gasteiger partial charge in [-0.3, -0.25) is 0 Å². The van der Waals surface area contributed by atoms with E-state index in [0.717, 1.165) is 25.6 Å². The van der Waals surface area contributed by atoms with Crippen molar-refractivity contribution in [1.82, 2.24) is 0 Å². The van der Waals surface area contributed by atoms with E-state index in [1.54, 1.807) is 0 Å². The molecule has 0 bridgehead atoms. The number of ketones is 1. The quantitative estimate of drug-likeness (QED) is 0.498. The molecule has 0 radical (unpaired) electrons. The fourth-order valence-corrected chi connectivity index (χ4v) is 8.78. The fraction of sp³-hybridized carbons (Fsp3) is 0.125. The van der Waals surface area contributed by atoms with Crippen molar-refractivity contribution in [1.29, 1.82) is 5.26 Å². The van der Waals surface area contributed by atoms with Crippen LogP contribution in [0.5, 0.6) is 0 Å². The summed E-state index contributed by atoms with van der Waals surface area (Å²) in [6.07, 6.45) is 0. The predicted molar refractivity (Wildman–Crippen MR) is 81.9 cm³/mol. The first-order valence-corrected chi connectivity index (χ1v) is 9.58. The van der Waals surface area contributed by atoms with Crippen LogP contribution in [0.1, 0.15) is 30.4 Å². The van der Waals surface area contributed by atoms with E-state index < -0.39 is 0 Å². The van der Waals surface area contributed by atoms with Gasteiger partial charge in [0, 0.05) is 0 Å². The molecule has 0 saturated heterocycles. The van der Waals surface area contributed by atoms with Gasteiger partial charge in [-0.25, -0.2) is 0 Å². The van der Waals surface area contributed by atoms with Crippen LogP contribution in [0.2, 0.25) is 0 Å². The van der Waals surface area contributed by atoms with Crippen LogP contribution in [-0.4, -0.2) is 34.8 Å². The number of nitriles is 1. The van der Waals surface area contributed by atoms with Gasteiger partial charge in [0.15, 0.2) is 0 Å². The molecular weight excluding hydrogens is 380 g/mol. The summed E-state index contributed by atoms with van der Waals surface area (Å²) in [5.74, 6) is 0.152. The van der Waals surface area contributed by atoms with Gasteiger partial charge < -0.3 is 0 Å². The van der Waals surface area contributed by atoms with Crippen molar-refractivity contribution in [2.75, 3.05) is 0 Å². The number of hydrogen-bond donors (Lipinski definition) is 0. The SMILES string of the molecule is Cc1c(C#N)[se]c2[se]c(C(=O)c3ccccc3)c(C)c12. The molecule has 0 atom stereocenters. The standard InChI is InChI=1S/C16H11NOSe2/c1-9-12(8-17)19-16-13(9)10(2)15(20-16)14(18)11-6-4-3-5-7-11/h3-7H,1-2H3. The van der Waals surface area contributed by atoms with Crippen molar-refractivity contribution in [3.63, 3.8) is 0 Å². The maximum absolute atomic E-state index is 12.6. The van der Waals surface area contributed by atoms with Crippen molar-refractivity contribution in [3.05, 3.63) is 55.9 Å². The van der Waals surface area contributed by atoms with Gasteiger partial charge >= 0.3 is 129 Å². The van der Waals surface area contributed by atoms with E-state index in [4.69, 9.17) is 5.26 Å². The molecule has 0 saturated carbocycles. The Morgan fingerprint density at radius 1 is 1.10 bits per heavy atom. The summed E-state index contributed by atoms with van der Waals surface area (Å²) < 4.78 is 3.25. The molecule has 0 amide bonds. The summed E-state index contributed by atoms with van der Waals surface area (Å²) in [5, 5.41) is 10.3. The second kappa shape index (κ2) is 5.20. The van der Waals surface area contributed by atoms with Crippen LogP contribution in [0, 0.1) is 25.2 Å². The Morgan fingerprint density at radius 3 is 2.40 bits per heavy atom. The van der Waals surface area contributed by atoms with Gasteiger partial charge in [-0.05, 0) is 0 Å². The Kier molecular flexibility index (Phi) is 3.54. The molecule has 1 aromatic carbocycles. The van der Waals surface area contributed by atoms with Crippen LogP contribution in [0.4, 0.5) is 0 Å². The number of carbonyl (C=O) groups excluding carboxylic acids is 1. The van der Waals surface area contributed by atoms with Gasteiger partial charge in [-0.2, -0.15) is 0 Å². The average molecular weight is 391 g/mol. The van der Waals surface area contributed by atoms with Crippen molar-refractivity contribution < 1.29 is 4.79 Å². The number of rotatable bonds is 2. The summed E-state index contributed by atoms with van der Waals surface area (Å²) in [4.78, 5) is 12.6. The molecular formula is C16H11NOSe2. The van der Waals surface area contributed by atoms with E-state index in [2.05, 4.69) is 6.07 Å². The van der Waals surface area contributed by atoms with E-state index in [0.29, 0.717) is 0 Å². The van der Waals surface area contributed by atoms with Gasteiger partial charge in [0.2, 0.25) is 0 Å². The van der Waals surface area contributed by atoms with Crippen LogP contribution in [0.3, 0.4) is 0 Å². The van der Waals surface area contributed by atoms with E-state index in [-0.39, 0.29) is 34.8 Å². The molecule has 3 rings (SSSR count). The zero-order valence-electron chi connectivity index (χ0n) is 11.1. The van der Waals surface area contributed by atoms with Gasteiger partial charge in [0.25, 0.3) is 0 Å². The second-order valence-corrected chi connectivity index (χ2v) is 10.2. The molecule has 0 spiro atoms. The van der Waals surface area contributed by atoms with Crippen molar-refractivity contribution in [2.45, 2.75) is 13.8 Å². The number of benzene rings is 1. The van der Waals surface area contributed by atoms with Crippen LogP contribution in [0.25, 0.3) is 8.52 Å². The van der Waals surface area contributed by atoms with E-state index in [9.17, 15) is 4.79 Å². The predicted octanol–water partition coefficient (Wildman–Crippen LogP) is 2.67. The van der Waals surface area contributed by atoms with Crippen molar-refractivity contribution >= 4 is 43.3 Å². The molecule has 4 heteroatoms. The van der Waals surface area contributed by atoms with Gasteiger partial charge in [0.1, 0.15) is 0 Å². The molecule has 0 unspecified atom stereocenters. The molecule has 2 aromatic heterocycles. The first-order valence-electron chi connectivity index (χ1n) is 6.15. The van der Waals surface area contributed by atoms with Gasteiger partial charge in [-0.1, -0.05) is 0 Å². The monoisotopic (exact) mass is 393 g/mol. The van der Waals surface area contributed by atoms with Crippen LogP contribution >= 0.6 is 0 Å². The first-order chi connectivity index (χ1) is 9.63. The summed E-state index contributed by atoms with van der Waals surface area (Å²) in [7, 11) is 0. The summed E-state index contributed by atoms with van der Waals surface area (Å²) in [5.41, 5.74) is 2.95. The molecule has 98 valence electrons. The van der Waals surface area contributed by atoms with Crippen molar-refractivity contribution in [2.24, 2.45) is 0 Å². The molecule has 0 aliphatic carbocycles. The number of carbonyl (C=O) groups is 1.